The Balaban J connectivity index is 2.41. The lowest BCUT2D eigenvalue weighted by Crippen LogP contribution is -2.05. The van der Waals surface area contributed by atoms with Crippen molar-refractivity contribution >= 4 is 0 Å². The Bertz CT molecular complexity index is 257. The minimum Gasteiger partial charge on any atom is -0.493 e. The van der Waals surface area contributed by atoms with Gasteiger partial charge in [-0.15, -0.1) is 0 Å². The molecule has 2 heteroatoms. The molecule has 2 nitrogen and oxygen atoms in total. The topological polar surface area (TPSA) is 18.5 Å². The van der Waals surface area contributed by atoms with E-state index in [4.69, 9.17) is 9.47 Å². The van der Waals surface area contributed by atoms with Gasteiger partial charge in [-0.1, -0.05) is 27.7 Å². The summed E-state index contributed by atoms with van der Waals surface area (Å²) in [7, 11) is 0. The van der Waals surface area contributed by atoms with Crippen LogP contribution in [0.2, 0.25) is 0 Å². The standard InChI is InChI=1S/C14H21O2/c1-11(2)9-15-13-5-7-14(8-6-13)16-10-12(3)4/h5-7,11-12H,9-10H2,1-4H3. The summed E-state index contributed by atoms with van der Waals surface area (Å²) in [6.45, 7) is 9.97. The molecule has 0 unspecified atom stereocenters. The van der Waals surface area contributed by atoms with E-state index in [9.17, 15) is 0 Å². The normalized spacial score (nSPS) is 10.9. The molecule has 0 heterocycles. The minimum absolute atomic E-state index is 0.533. The van der Waals surface area contributed by atoms with Gasteiger partial charge < -0.3 is 9.47 Å². The summed E-state index contributed by atoms with van der Waals surface area (Å²) in [6, 6.07) is 8.73. The molecule has 16 heavy (non-hydrogen) atoms. The summed E-state index contributed by atoms with van der Waals surface area (Å²) in [5.41, 5.74) is 0. The predicted molar refractivity (Wildman–Crippen MR) is 65.9 cm³/mol. The van der Waals surface area contributed by atoms with E-state index in [1.807, 2.05) is 18.2 Å². The molecular weight excluding hydrogens is 200 g/mol. The van der Waals surface area contributed by atoms with Crippen LogP contribution in [0.4, 0.5) is 0 Å². The van der Waals surface area contributed by atoms with Crippen molar-refractivity contribution < 1.29 is 9.47 Å². The average Bonchev–Trinajstić information content (AvgIpc) is 2.25. The molecule has 0 N–H and O–H groups in total. The lowest BCUT2D eigenvalue weighted by atomic mass is 10.2. The maximum absolute atomic E-state index is 5.56. The van der Waals surface area contributed by atoms with Gasteiger partial charge in [0.1, 0.15) is 11.5 Å². The Labute approximate surface area is 98.6 Å². The fraction of sp³-hybridized carbons (Fsp3) is 0.571. The number of hydrogen-bond acceptors (Lipinski definition) is 2. The van der Waals surface area contributed by atoms with E-state index in [-0.39, 0.29) is 0 Å². The van der Waals surface area contributed by atoms with Gasteiger partial charge in [0.15, 0.2) is 0 Å². The van der Waals surface area contributed by atoms with E-state index in [1.165, 1.54) is 0 Å². The van der Waals surface area contributed by atoms with Crippen molar-refractivity contribution in [3.63, 3.8) is 0 Å². The second-order valence-corrected chi connectivity index (χ2v) is 4.80. The number of rotatable bonds is 6. The first-order valence-electron chi connectivity index (χ1n) is 5.85. The molecule has 1 rings (SSSR count). The monoisotopic (exact) mass is 221 g/mol. The summed E-state index contributed by atoms with van der Waals surface area (Å²) in [4.78, 5) is 0. The van der Waals surface area contributed by atoms with E-state index in [2.05, 4.69) is 33.8 Å². The van der Waals surface area contributed by atoms with Crippen molar-refractivity contribution in [1.82, 2.24) is 0 Å². The van der Waals surface area contributed by atoms with Crippen molar-refractivity contribution in [2.45, 2.75) is 27.7 Å². The summed E-state index contributed by atoms with van der Waals surface area (Å²) in [6.07, 6.45) is 0. The number of hydrogen-bond donors (Lipinski definition) is 0. The molecular formula is C14H21O2. The molecule has 0 saturated heterocycles. The lowest BCUT2D eigenvalue weighted by molar-refractivity contribution is 0.263. The van der Waals surface area contributed by atoms with Gasteiger partial charge in [0.05, 0.1) is 13.2 Å². The largest absolute Gasteiger partial charge is 0.493 e. The maximum atomic E-state index is 5.56. The van der Waals surface area contributed by atoms with Crippen molar-refractivity contribution in [3.8, 4) is 11.5 Å². The highest BCUT2D eigenvalue weighted by Crippen LogP contribution is 2.17. The van der Waals surface area contributed by atoms with Crippen LogP contribution in [0.15, 0.2) is 18.2 Å². The quantitative estimate of drug-likeness (QED) is 0.731. The van der Waals surface area contributed by atoms with Crippen LogP contribution in [-0.4, -0.2) is 13.2 Å². The van der Waals surface area contributed by atoms with E-state index in [1.54, 1.807) is 0 Å². The van der Waals surface area contributed by atoms with Gasteiger partial charge in [0, 0.05) is 6.07 Å². The van der Waals surface area contributed by atoms with Crippen LogP contribution in [0.25, 0.3) is 0 Å². The van der Waals surface area contributed by atoms with Gasteiger partial charge in [-0.05, 0) is 30.0 Å². The van der Waals surface area contributed by atoms with E-state index < -0.39 is 0 Å². The van der Waals surface area contributed by atoms with E-state index >= 15 is 0 Å². The molecule has 0 spiro atoms. The van der Waals surface area contributed by atoms with Crippen LogP contribution in [0, 0.1) is 17.9 Å². The first kappa shape index (κ1) is 12.9. The van der Waals surface area contributed by atoms with Crippen LogP contribution in [-0.2, 0) is 0 Å². The second kappa shape index (κ2) is 6.41. The van der Waals surface area contributed by atoms with Gasteiger partial charge in [-0.25, -0.2) is 0 Å². The molecule has 0 amide bonds. The average molecular weight is 221 g/mol. The molecule has 0 saturated carbocycles. The van der Waals surface area contributed by atoms with E-state index in [0.717, 1.165) is 24.7 Å². The molecule has 0 aliphatic carbocycles. The highest BCUT2D eigenvalue weighted by molar-refractivity contribution is 5.29. The van der Waals surface area contributed by atoms with Crippen LogP contribution >= 0.6 is 0 Å². The van der Waals surface area contributed by atoms with Gasteiger partial charge in [0.25, 0.3) is 0 Å². The lowest BCUT2D eigenvalue weighted by Gasteiger charge is -2.10. The Kier molecular flexibility index (Phi) is 5.17. The summed E-state index contributed by atoms with van der Waals surface area (Å²) in [5.74, 6) is 2.71. The van der Waals surface area contributed by atoms with Crippen LogP contribution in [0.3, 0.4) is 0 Å². The van der Waals surface area contributed by atoms with Crippen LogP contribution in [0.5, 0.6) is 11.5 Å². The molecule has 0 bridgehead atoms. The highest BCUT2D eigenvalue weighted by Gasteiger charge is 2.00. The molecule has 0 aromatic heterocycles. The second-order valence-electron chi connectivity index (χ2n) is 4.80. The Morgan fingerprint density at radius 1 is 1.00 bits per heavy atom. The third-order valence-electron chi connectivity index (χ3n) is 1.91. The Morgan fingerprint density at radius 2 is 1.62 bits per heavy atom. The molecule has 1 aromatic rings. The van der Waals surface area contributed by atoms with Gasteiger partial charge in [0.2, 0.25) is 0 Å². The third kappa shape index (κ3) is 5.06. The first-order valence-corrected chi connectivity index (χ1v) is 5.85. The molecule has 0 fully saturated rings. The molecule has 0 aliphatic rings. The zero-order valence-electron chi connectivity index (χ0n) is 10.6. The number of ether oxygens (including phenoxy) is 2. The molecule has 89 valence electrons. The summed E-state index contributed by atoms with van der Waals surface area (Å²) < 4.78 is 11.1. The Hall–Kier alpha value is -1.18. The number of benzene rings is 1. The van der Waals surface area contributed by atoms with Crippen LogP contribution in [0.1, 0.15) is 27.7 Å². The maximum Gasteiger partial charge on any atom is 0.127 e. The first-order chi connectivity index (χ1) is 7.58. The van der Waals surface area contributed by atoms with Gasteiger partial charge >= 0.3 is 0 Å². The molecule has 0 atom stereocenters. The van der Waals surface area contributed by atoms with Crippen molar-refractivity contribution in [1.29, 1.82) is 0 Å². The minimum atomic E-state index is 0.533. The summed E-state index contributed by atoms with van der Waals surface area (Å²) >= 11 is 0. The summed E-state index contributed by atoms with van der Waals surface area (Å²) in [5, 5.41) is 0. The molecule has 0 aliphatic heterocycles. The molecule has 1 radical (unpaired) electrons. The third-order valence-corrected chi connectivity index (χ3v) is 1.91. The zero-order valence-corrected chi connectivity index (χ0v) is 10.6. The smallest absolute Gasteiger partial charge is 0.127 e. The fourth-order valence-electron chi connectivity index (χ4n) is 1.10. The van der Waals surface area contributed by atoms with Crippen molar-refractivity contribution in [2.24, 2.45) is 11.8 Å². The predicted octanol–water partition coefficient (Wildman–Crippen LogP) is 3.56. The Morgan fingerprint density at radius 3 is 2.12 bits per heavy atom. The van der Waals surface area contributed by atoms with Crippen molar-refractivity contribution in [2.75, 3.05) is 13.2 Å². The highest BCUT2D eigenvalue weighted by atomic mass is 16.5. The van der Waals surface area contributed by atoms with Gasteiger partial charge in [-0.2, -0.15) is 0 Å². The van der Waals surface area contributed by atoms with Crippen molar-refractivity contribution in [3.05, 3.63) is 24.3 Å². The van der Waals surface area contributed by atoms with E-state index in [0.29, 0.717) is 11.8 Å². The van der Waals surface area contributed by atoms with Crippen LogP contribution < -0.4 is 9.47 Å². The van der Waals surface area contributed by atoms with Gasteiger partial charge in [-0.3, -0.25) is 0 Å². The SMILES string of the molecule is CC(C)COc1[c]cc(OCC(C)C)cc1. The zero-order chi connectivity index (χ0) is 12.0. The fourth-order valence-corrected chi connectivity index (χ4v) is 1.10. The molecule has 1 aromatic carbocycles.